The van der Waals surface area contributed by atoms with Crippen molar-refractivity contribution in [1.82, 2.24) is 0 Å². The number of nitrogens with zero attached hydrogens (tertiary/aromatic N) is 1. The summed E-state index contributed by atoms with van der Waals surface area (Å²) >= 11 is 0. The summed E-state index contributed by atoms with van der Waals surface area (Å²) in [7, 11) is 0. The number of hydrogen-bond acceptors (Lipinski definition) is 3. The third-order valence-corrected chi connectivity index (χ3v) is 13.3. The van der Waals surface area contributed by atoms with Gasteiger partial charge in [-0.15, -0.1) is 0 Å². The van der Waals surface area contributed by atoms with E-state index in [0.717, 1.165) is 72.1 Å². The molecule has 0 aliphatic heterocycles. The lowest BCUT2D eigenvalue weighted by Crippen LogP contribution is -2.28. The molecule has 64 heavy (non-hydrogen) atoms. The summed E-state index contributed by atoms with van der Waals surface area (Å²) in [6, 6.07) is 84.9. The fraction of sp³-hybridized carbons (Fsp3) is 0.0164. The number of fused-ring (bicyclic) bond motifs is 9. The Labute approximate surface area is 370 Å². The third-order valence-electron chi connectivity index (χ3n) is 13.3. The Bertz CT molecular complexity index is 3660. The van der Waals surface area contributed by atoms with Crippen molar-refractivity contribution in [2.24, 2.45) is 0 Å². The van der Waals surface area contributed by atoms with Gasteiger partial charge >= 0.3 is 0 Å². The number of benzene rings is 10. The van der Waals surface area contributed by atoms with Gasteiger partial charge in [-0.2, -0.15) is 0 Å². The van der Waals surface area contributed by atoms with Crippen LogP contribution in [0.2, 0.25) is 0 Å². The first-order valence-electron chi connectivity index (χ1n) is 21.9. The summed E-state index contributed by atoms with van der Waals surface area (Å²) in [6.07, 6.45) is 0. The highest BCUT2D eigenvalue weighted by Gasteiger charge is 2.46. The van der Waals surface area contributed by atoms with Crippen molar-refractivity contribution >= 4 is 60.9 Å². The Kier molecular flexibility index (Phi) is 8.13. The van der Waals surface area contributed by atoms with Gasteiger partial charge in [0.1, 0.15) is 22.3 Å². The second-order valence-electron chi connectivity index (χ2n) is 16.8. The first kappa shape index (κ1) is 36.3. The van der Waals surface area contributed by atoms with Crippen molar-refractivity contribution in [1.29, 1.82) is 0 Å². The summed E-state index contributed by atoms with van der Waals surface area (Å²) in [5.41, 5.74) is 17.9. The molecule has 0 N–H and O–H groups in total. The molecule has 13 rings (SSSR count). The van der Waals surface area contributed by atoms with E-state index in [1.54, 1.807) is 0 Å². The Morgan fingerprint density at radius 1 is 0.328 bits per heavy atom. The third kappa shape index (κ3) is 5.41. The summed E-state index contributed by atoms with van der Waals surface area (Å²) in [6.45, 7) is 0. The average molecular weight is 818 g/mol. The molecule has 10 aromatic carbocycles. The lowest BCUT2D eigenvalue weighted by atomic mass is 9.67. The Morgan fingerprint density at radius 3 is 1.66 bits per heavy atom. The molecule has 2 heterocycles. The SMILES string of the molecule is c1ccc(-c2ccc(N(c3ccccc3)c3ccc4c(c3)oc3c(-c5ccc6c(c5)C(c5ccccc5)(c5ccccc5)c5ccccc5-6)c5c(cc34)oc3ccccc35)cc2)cc1. The Balaban J connectivity index is 1.05. The molecule has 0 spiro atoms. The highest BCUT2D eigenvalue weighted by molar-refractivity contribution is 6.23. The molecule has 0 saturated heterocycles. The standard InChI is InChI=1S/C61H39NO2/c1-5-17-40(18-6-1)41-29-32-46(33-30-41)62(45-23-11-4-12-24-45)47-34-36-50-52-39-57-59(51-26-14-16-28-55(51)63-57)58(60(52)64-56(50)38-47)42-31-35-49-48-25-13-15-27-53(48)61(54(49)37-42,43-19-7-2-8-20-43)44-21-9-3-10-22-44/h1-39H. The van der Waals surface area contributed by atoms with Crippen molar-refractivity contribution in [3.8, 4) is 33.4 Å². The summed E-state index contributed by atoms with van der Waals surface area (Å²) in [4.78, 5) is 2.30. The van der Waals surface area contributed by atoms with E-state index in [0.29, 0.717) is 0 Å². The van der Waals surface area contributed by atoms with Gasteiger partial charge in [0, 0.05) is 50.2 Å². The van der Waals surface area contributed by atoms with Crippen molar-refractivity contribution < 1.29 is 8.83 Å². The summed E-state index contributed by atoms with van der Waals surface area (Å²) in [5, 5.41) is 4.16. The number of rotatable bonds is 7. The van der Waals surface area contributed by atoms with Crippen molar-refractivity contribution in [3.05, 3.63) is 259 Å². The molecule has 0 fully saturated rings. The van der Waals surface area contributed by atoms with E-state index in [2.05, 4.69) is 235 Å². The van der Waals surface area contributed by atoms with Crippen LogP contribution in [0, 0.1) is 0 Å². The molecular weight excluding hydrogens is 779 g/mol. The van der Waals surface area contributed by atoms with Gasteiger partial charge < -0.3 is 13.7 Å². The molecule has 3 heteroatoms. The van der Waals surface area contributed by atoms with E-state index in [1.165, 1.54) is 44.5 Å². The lowest BCUT2D eigenvalue weighted by Gasteiger charge is -2.34. The largest absolute Gasteiger partial charge is 0.456 e. The van der Waals surface area contributed by atoms with Crippen LogP contribution in [0.3, 0.4) is 0 Å². The van der Waals surface area contributed by atoms with Crippen LogP contribution in [0.25, 0.3) is 77.3 Å². The number of anilines is 3. The zero-order chi connectivity index (χ0) is 42.2. The van der Waals surface area contributed by atoms with Gasteiger partial charge in [0.15, 0.2) is 0 Å². The van der Waals surface area contributed by atoms with Crippen LogP contribution in [0.4, 0.5) is 17.1 Å². The Hall–Kier alpha value is -8.40. The van der Waals surface area contributed by atoms with Crippen molar-refractivity contribution in [2.45, 2.75) is 5.41 Å². The number of para-hydroxylation sites is 2. The molecule has 0 atom stereocenters. The van der Waals surface area contributed by atoms with E-state index in [-0.39, 0.29) is 0 Å². The predicted octanol–water partition coefficient (Wildman–Crippen LogP) is 16.7. The van der Waals surface area contributed by atoms with Gasteiger partial charge in [0.05, 0.1) is 5.41 Å². The van der Waals surface area contributed by atoms with Crippen LogP contribution >= 0.6 is 0 Å². The average Bonchev–Trinajstić information content (AvgIpc) is 4.02. The molecule has 1 aliphatic rings. The van der Waals surface area contributed by atoms with Gasteiger partial charge in [-0.3, -0.25) is 0 Å². The number of furan rings is 2. The fourth-order valence-electron chi connectivity index (χ4n) is 10.6. The molecule has 0 bridgehead atoms. The van der Waals surface area contributed by atoms with Gasteiger partial charge in [-0.1, -0.05) is 176 Å². The normalized spacial score (nSPS) is 12.8. The van der Waals surface area contributed by atoms with E-state index in [9.17, 15) is 0 Å². The molecule has 300 valence electrons. The predicted molar refractivity (Wildman–Crippen MR) is 264 cm³/mol. The zero-order valence-electron chi connectivity index (χ0n) is 34.8. The maximum atomic E-state index is 7.24. The van der Waals surface area contributed by atoms with E-state index >= 15 is 0 Å². The van der Waals surface area contributed by atoms with E-state index in [4.69, 9.17) is 8.83 Å². The minimum atomic E-state index is -0.543. The van der Waals surface area contributed by atoms with Crippen molar-refractivity contribution in [3.63, 3.8) is 0 Å². The number of hydrogen-bond donors (Lipinski definition) is 0. The topological polar surface area (TPSA) is 29.5 Å². The van der Waals surface area contributed by atoms with Crippen LogP contribution in [0.1, 0.15) is 22.3 Å². The second-order valence-corrected chi connectivity index (χ2v) is 16.8. The smallest absolute Gasteiger partial charge is 0.144 e. The van der Waals surface area contributed by atoms with Gasteiger partial charge in [0.25, 0.3) is 0 Å². The molecule has 0 amide bonds. The molecule has 12 aromatic rings. The monoisotopic (exact) mass is 817 g/mol. The van der Waals surface area contributed by atoms with Gasteiger partial charge in [-0.25, -0.2) is 0 Å². The quantitative estimate of drug-likeness (QED) is 0.160. The first-order chi connectivity index (χ1) is 31.7. The molecule has 1 aliphatic carbocycles. The van der Waals surface area contributed by atoms with Gasteiger partial charge in [-0.05, 0) is 105 Å². The minimum absolute atomic E-state index is 0.543. The maximum Gasteiger partial charge on any atom is 0.144 e. The van der Waals surface area contributed by atoms with Crippen LogP contribution in [0.15, 0.2) is 245 Å². The lowest BCUT2D eigenvalue weighted by molar-refractivity contribution is 0.664. The fourth-order valence-corrected chi connectivity index (χ4v) is 10.6. The van der Waals surface area contributed by atoms with E-state index in [1.807, 2.05) is 6.07 Å². The van der Waals surface area contributed by atoms with Crippen LogP contribution in [0.5, 0.6) is 0 Å². The van der Waals surface area contributed by atoms with E-state index < -0.39 is 5.41 Å². The van der Waals surface area contributed by atoms with Crippen LogP contribution in [-0.4, -0.2) is 0 Å². The molecule has 0 radical (unpaired) electrons. The zero-order valence-corrected chi connectivity index (χ0v) is 34.8. The molecule has 0 unspecified atom stereocenters. The molecule has 2 aromatic heterocycles. The molecule has 0 saturated carbocycles. The maximum absolute atomic E-state index is 7.24. The van der Waals surface area contributed by atoms with Crippen LogP contribution in [-0.2, 0) is 5.41 Å². The van der Waals surface area contributed by atoms with Crippen molar-refractivity contribution in [2.75, 3.05) is 4.90 Å². The molecular formula is C61H39NO2. The Morgan fingerprint density at radius 2 is 0.906 bits per heavy atom. The first-order valence-corrected chi connectivity index (χ1v) is 21.9. The minimum Gasteiger partial charge on any atom is -0.456 e. The molecule has 3 nitrogen and oxygen atoms in total. The van der Waals surface area contributed by atoms with Crippen LogP contribution < -0.4 is 4.90 Å². The summed E-state index contributed by atoms with van der Waals surface area (Å²) < 4.78 is 14.0. The van der Waals surface area contributed by atoms with Gasteiger partial charge in [0.2, 0.25) is 0 Å². The second kappa shape index (κ2) is 14.3. The highest BCUT2D eigenvalue weighted by Crippen LogP contribution is 2.57. The summed E-state index contributed by atoms with van der Waals surface area (Å²) in [5.74, 6) is 0. The highest BCUT2D eigenvalue weighted by atomic mass is 16.3.